The summed E-state index contributed by atoms with van der Waals surface area (Å²) in [6.07, 6.45) is 0. The Labute approximate surface area is 163 Å². The van der Waals surface area contributed by atoms with Gasteiger partial charge in [-0.05, 0) is 35.7 Å². The fraction of sp³-hybridized carbons (Fsp3) is 0.143. The van der Waals surface area contributed by atoms with E-state index in [1.807, 2.05) is 13.0 Å². The Morgan fingerprint density at radius 1 is 0.840 bits per heavy atom. The first-order chi connectivity index (χ1) is 12.1. The third kappa shape index (κ3) is 4.37. The lowest BCUT2D eigenvalue weighted by Crippen LogP contribution is -2.19. The van der Waals surface area contributed by atoms with Crippen LogP contribution in [0, 0.1) is 0 Å². The van der Waals surface area contributed by atoms with Crippen LogP contribution in [0.2, 0.25) is 15.1 Å². The molecule has 1 N–H and O–H groups in total. The van der Waals surface area contributed by atoms with E-state index in [0.717, 1.165) is 5.56 Å². The minimum absolute atomic E-state index is 0.00101. The summed E-state index contributed by atoms with van der Waals surface area (Å²) in [5.41, 5.74) is 4.51. The molecule has 0 saturated carbocycles. The smallest absolute Gasteiger partial charge is 0.0483 e. The zero-order valence-corrected chi connectivity index (χ0v) is 16.0. The average Bonchev–Trinajstić information content (AvgIpc) is 2.60. The molecule has 1 atom stereocenters. The summed E-state index contributed by atoms with van der Waals surface area (Å²) in [6.45, 7) is 2.76. The van der Waals surface area contributed by atoms with Crippen LogP contribution in [0.3, 0.4) is 0 Å². The number of rotatable bonds is 5. The molecule has 3 aromatic carbocycles. The van der Waals surface area contributed by atoms with Crippen LogP contribution >= 0.6 is 34.8 Å². The minimum atomic E-state index is 0.00101. The van der Waals surface area contributed by atoms with Gasteiger partial charge >= 0.3 is 0 Å². The summed E-state index contributed by atoms with van der Waals surface area (Å²) in [7, 11) is 0. The fourth-order valence-corrected chi connectivity index (χ4v) is 4.05. The monoisotopic (exact) mass is 389 g/mol. The highest BCUT2D eigenvalue weighted by atomic mass is 35.5. The van der Waals surface area contributed by atoms with Gasteiger partial charge in [-0.2, -0.15) is 0 Å². The van der Waals surface area contributed by atoms with Crippen molar-refractivity contribution >= 4 is 34.8 Å². The maximum Gasteiger partial charge on any atom is 0.0483 e. The second-order valence-corrected chi connectivity index (χ2v) is 7.16. The standard InChI is InChI=1S/C21H18Cl3N/c1-14(21-19(23)11-17(22)12-20(21)24)25-13-16-9-5-6-10-18(16)15-7-3-2-4-8-15/h2-12,14,25H,13H2,1H3. The Morgan fingerprint density at radius 2 is 1.44 bits per heavy atom. The largest absolute Gasteiger partial charge is 0.306 e. The van der Waals surface area contributed by atoms with Gasteiger partial charge in [0.1, 0.15) is 0 Å². The van der Waals surface area contributed by atoms with E-state index in [0.29, 0.717) is 21.6 Å². The minimum Gasteiger partial charge on any atom is -0.306 e. The first-order valence-electron chi connectivity index (χ1n) is 8.07. The summed E-state index contributed by atoms with van der Waals surface area (Å²) in [4.78, 5) is 0. The van der Waals surface area contributed by atoms with Gasteiger partial charge in [-0.1, -0.05) is 89.4 Å². The van der Waals surface area contributed by atoms with Crippen molar-refractivity contribution in [3.8, 4) is 11.1 Å². The lowest BCUT2D eigenvalue weighted by Gasteiger charge is -2.19. The van der Waals surface area contributed by atoms with Gasteiger partial charge in [0.05, 0.1) is 0 Å². The van der Waals surface area contributed by atoms with Crippen molar-refractivity contribution in [3.05, 3.63) is 92.9 Å². The summed E-state index contributed by atoms with van der Waals surface area (Å²) in [5, 5.41) is 5.21. The Bertz CT molecular complexity index is 839. The van der Waals surface area contributed by atoms with Crippen LogP contribution in [0.4, 0.5) is 0 Å². The number of hydrogen-bond acceptors (Lipinski definition) is 1. The first kappa shape index (κ1) is 18.3. The second kappa shape index (κ2) is 8.25. The van der Waals surface area contributed by atoms with Crippen molar-refractivity contribution in [2.75, 3.05) is 0 Å². The fourth-order valence-electron chi connectivity index (χ4n) is 2.91. The molecule has 0 aliphatic heterocycles. The van der Waals surface area contributed by atoms with Crippen molar-refractivity contribution < 1.29 is 0 Å². The molecule has 3 aromatic rings. The molecular formula is C21H18Cl3N. The van der Waals surface area contributed by atoms with E-state index in [2.05, 4.69) is 53.8 Å². The molecule has 25 heavy (non-hydrogen) atoms. The molecule has 0 amide bonds. The molecule has 0 fully saturated rings. The molecule has 0 aliphatic rings. The molecule has 1 nitrogen and oxygen atoms in total. The normalized spacial score (nSPS) is 12.2. The molecular weight excluding hydrogens is 373 g/mol. The number of benzene rings is 3. The molecule has 0 aromatic heterocycles. The molecule has 0 aliphatic carbocycles. The van der Waals surface area contributed by atoms with Gasteiger partial charge in [-0.3, -0.25) is 0 Å². The average molecular weight is 391 g/mol. The number of nitrogens with one attached hydrogen (secondary N) is 1. The molecule has 1 unspecified atom stereocenters. The van der Waals surface area contributed by atoms with Gasteiger partial charge in [-0.15, -0.1) is 0 Å². The van der Waals surface area contributed by atoms with Crippen molar-refractivity contribution in [2.24, 2.45) is 0 Å². The van der Waals surface area contributed by atoms with Crippen LogP contribution in [0.5, 0.6) is 0 Å². The van der Waals surface area contributed by atoms with Crippen molar-refractivity contribution in [3.63, 3.8) is 0 Å². The van der Waals surface area contributed by atoms with Crippen molar-refractivity contribution in [1.82, 2.24) is 5.32 Å². The topological polar surface area (TPSA) is 12.0 Å². The van der Waals surface area contributed by atoms with Crippen molar-refractivity contribution in [1.29, 1.82) is 0 Å². The summed E-state index contributed by atoms with van der Waals surface area (Å²) < 4.78 is 0. The maximum atomic E-state index is 6.33. The van der Waals surface area contributed by atoms with E-state index in [1.54, 1.807) is 12.1 Å². The Hall–Kier alpha value is -1.51. The molecule has 0 bridgehead atoms. The van der Waals surface area contributed by atoms with Crippen LogP contribution in [0.25, 0.3) is 11.1 Å². The maximum absolute atomic E-state index is 6.33. The van der Waals surface area contributed by atoms with Gasteiger partial charge in [0.2, 0.25) is 0 Å². The van der Waals surface area contributed by atoms with Crippen LogP contribution in [-0.4, -0.2) is 0 Å². The summed E-state index contributed by atoms with van der Waals surface area (Å²) in [5.74, 6) is 0. The molecule has 0 saturated heterocycles. The highest BCUT2D eigenvalue weighted by Crippen LogP contribution is 2.34. The van der Waals surface area contributed by atoms with E-state index in [4.69, 9.17) is 34.8 Å². The summed E-state index contributed by atoms with van der Waals surface area (Å²) in [6, 6.07) is 22.2. The van der Waals surface area contributed by atoms with Crippen LogP contribution in [-0.2, 0) is 6.54 Å². The quantitative estimate of drug-likeness (QED) is 0.487. The Balaban J connectivity index is 1.81. The van der Waals surface area contributed by atoms with Gasteiger partial charge in [0.15, 0.2) is 0 Å². The zero-order chi connectivity index (χ0) is 17.8. The number of hydrogen-bond donors (Lipinski definition) is 1. The molecule has 3 rings (SSSR count). The van der Waals surface area contributed by atoms with E-state index in [1.165, 1.54) is 16.7 Å². The van der Waals surface area contributed by atoms with Crippen molar-refractivity contribution in [2.45, 2.75) is 19.5 Å². The van der Waals surface area contributed by atoms with Crippen LogP contribution in [0.15, 0.2) is 66.7 Å². The SMILES string of the molecule is CC(NCc1ccccc1-c1ccccc1)c1c(Cl)cc(Cl)cc1Cl. The highest BCUT2D eigenvalue weighted by Gasteiger charge is 2.15. The third-order valence-corrected chi connectivity index (χ3v) is 5.02. The van der Waals surface area contributed by atoms with Gasteiger partial charge in [0, 0.05) is 33.2 Å². The summed E-state index contributed by atoms with van der Waals surface area (Å²) >= 11 is 18.7. The van der Waals surface area contributed by atoms with Gasteiger partial charge < -0.3 is 5.32 Å². The highest BCUT2D eigenvalue weighted by molar-refractivity contribution is 6.39. The van der Waals surface area contributed by atoms with Crippen LogP contribution < -0.4 is 5.32 Å². The van der Waals surface area contributed by atoms with Gasteiger partial charge in [-0.25, -0.2) is 0 Å². The predicted molar refractivity (Wildman–Crippen MR) is 109 cm³/mol. The molecule has 0 radical (unpaired) electrons. The molecule has 4 heteroatoms. The Morgan fingerprint density at radius 3 is 2.12 bits per heavy atom. The lowest BCUT2D eigenvalue weighted by atomic mass is 9.99. The molecule has 0 heterocycles. The number of halogens is 3. The third-order valence-electron chi connectivity index (χ3n) is 4.18. The van der Waals surface area contributed by atoms with E-state index >= 15 is 0 Å². The van der Waals surface area contributed by atoms with Crippen LogP contribution in [0.1, 0.15) is 24.1 Å². The Kier molecular flexibility index (Phi) is 6.03. The van der Waals surface area contributed by atoms with E-state index in [-0.39, 0.29) is 6.04 Å². The van der Waals surface area contributed by atoms with E-state index in [9.17, 15) is 0 Å². The van der Waals surface area contributed by atoms with Gasteiger partial charge in [0.25, 0.3) is 0 Å². The first-order valence-corrected chi connectivity index (χ1v) is 9.21. The molecule has 128 valence electrons. The zero-order valence-electron chi connectivity index (χ0n) is 13.8. The van der Waals surface area contributed by atoms with E-state index < -0.39 is 0 Å². The predicted octanol–water partition coefficient (Wildman–Crippen LogP) is 7.16. The lowest BCUT2D eigenvalue weighted by molar-refractivity contribution is 0.575. The second-order valence-electron chi connectivity index (χ2n) is 5.91. The molecule has 0 spiro atoms.